The van der Waals surface area contributed by atoms with Crippen molar-refractivity contribution in [2.45, 2.75) is 45.2 Å². The van der Waals surface area contributed by atoms with Crippen LogP contribution in [0.1, 0.15) is 36.2 Å². The lowest BCUT2D eigenvalue weighted by atomic mass is 9.91. The highest BCUT2D eigenvalue weighted by molar-refractivity contribution is 5.78. The van der Waals surface area contributed by atoms with E-state index in [1.807, 2.05) is 34.8 Å². The van der Waals surface area contributed by atoms with Crippen LogP contribution in [0.15, 0.2) is 18.3 Å². The number of carbonyl (C=O) groups is 1. The lowest BCUT2D eigenvalue weighted by Crippen LogP contribution is -2.55. The Labute approximate surface area is 171 Å². The molecule has 3 aliphatic rings. The molecule has 8 nitrogen and oxygen atoms in total. The largest absolute Gasteiger partial charge is 0.339 e. The van der Waals surface area contributed by atoms with Crippen molar-refractivity contribution in [1.82, 2.24) is 34.7 Å². The van der Waals surface area contributed by atoms with E-state index in [2.05, 4.69) is 25.1 Å². The number of aromatic nitrogens is 4. The van der Waals surface area contributed by atoms with E-state index in [0.717, 1.165) is 68.9 Å². The molecule has 29 heavy (non-hydrogen) atoms. The number of rotatable bonds is 4. The minimum atomic E-state index is 0.253. The summed E-state index contributed by atoms with van der Waals surface area (Å²) in [5, 5.41) is 13.0. The van der Waals surface area contributed by atoms with Gasteiger partial charge in [-0.2, -0.15) is 10.2 Å². The van der Waals surface area contributed by atoms with Gasteiger partial charge in [0.2, 0.25) is 5.91 Å². The highest BCUT2D eigenvalue weighted by Gasteiger charge is 2.30. The summed E-state index contributed by atoms with van der Waals surface area (Å²) in [5.41, 5.74) is 3.25. The molecule has 154 valence electrons. The number of hydrogen-bond acceptors (Lipinski definition) is 6. The molecule has 2 aromatic heterocycles. The minimum absolute atomic E-state index is 0.253. The van der Waals surface area contributed by atoms with Gasteiger partial charge in [0.1, 0.15) is 0 Å². The zero-order valence-electron chi connectivity index (χ0n) is 17.1. The Hall–Kier alpha value is -2.32. The molecule has 2 aliphatic heterocycles. The third kappa shape index (κ3) is 3.79. The van der Waals surface area contributed by atoms with Gasteiger partial charge in [-0.05, 0) is 43.9 Å². The Bertz CT molecular complexity index is 866. The summed E-state index contributed by atoms with van der Waals surface area (Å²) >= 11 is 0. The zero-order valence-corrected chi connectivity index (χ0v) is 17.1. The lowest BCUT2D eigenvalue weighted by molar-refractivity contribution is -0.135. The van der Waals surface area contributed by atoms with E-state index in [1.165, 1.54) is 24.8 Å². The number of amides is 1. The van der Waals surface area contributed by atoms with Crippen molar-refractivity contribution in [2.24, 2.45) is 0 Å². The van der Waals surface area contributed by atoms with Crippen molar-refractivity contribution in [2.75, 3.05) is 39.3 Å². The standard InChI is InChI=1S/C21H29N7O/c1-16-5-6-20(24-23-16)28-19-14-25(8-7-17(19)13-22-28)15-21(29)27-11-9-26(10-12-27)18-3-2-4-18/h5-6,13,18H,2-4,7-12,14-15H2,1H3. The quantitative estimate of drug-likeness (QED) is 0.770. The molecule has 1 saturated carbocycles. The van der Waals surface area contributed by atoms with E-state index >= 15 is 0 Å². The van der Waals surface area contributed by atoms with Gasteiger partial charge in [-0.3, -0.25) is 14.6 Å². The van der Waals surface area contributed by atoms with Gasteiger partial charge in [0.15, 0.2) is 5.82 Å². The van der Waals surface area contributed by atoms with Crippen LogP contribution in [0.4, 0.5) is 0 Å². The first-order valence-corrected chi connectivity index (χ1v) is 10.8. The highest BCUT2D eigenvalue weighted by atomic mass is 16.2. The third-order valence-corrected chi connectivity index (χ3v) is 6.64. The molecule has 2 aromatic rings. The van der Waals surface area contributed by atoms with Crippen molar-refractivity contribution in [3.8, 4) is 5.82 Å². The zero-order chi connectivity index (χ0) is 19.8. The van der Waals surface area contributed by atoms with E-state index in [9.17, 15) is 4.79 Å². The van der Waals surface area contributed by atoms with Crippen molar-refractivity contribution in [1.29, 1.82) is 0 Å². The molecule has 0 radical (unpaired) electrons. The first-order chi connectivity index (χ1) is 14.2. The monoisotopic (exact) mass is 395 g/mol. The second kappa shape index (κ2) is 7.84. The minimum Gasteiger partial charge on any atom is -0.339 e. The maximum absolute atomic E-state index is 12.9. The Kier molecular flexibility index (Phi) is 5.05. The van der Waals surface area contributed by atoms with Crippen molar-refractivity contribution >= 4 is 5.91 Å². The summed E-state index contributed by atoms with van der Waals surface area (Å²) in [5.74, 6) is 0.986. The van der Waals surface area contributed by atoms with Gasteiger partial charge in [-0.1, -0.05) is 6.42 Å². The third-order valence-electron chi connectivity index (χ3n) is 6.64. The molecule has 1 saturated heterocycles. The Morgan fingerprint density at radius 2 is 1.93 bits per heavy atom. The predicted octanol–water partition coefficient (Wildman–Crippen LogP) is 1.03. The van der Waals surface area contributed by atoms with Crippen LogP contribution in [0.2, 0.25) is 0 Å². The Balaban J connectivity index is 1.20. The molecule has 5 rings (SSSR count). The predicted molar refractivity (Wildman–Crippen MR) is 109 cm³/mol. The second-order valence-corrected chi connectivity index (χ2v) is 8.52. The number of fused-ring (bicyclic) bond motifs is 1. The topological polar surface area (TPSA) is 70.4 Å². The summed E-state index contributed by atoms with van der Waals surface area (Å²) in [6.07, 6.45) is 6.88. The van der Waals surface area contributed by atoms with E-state index < -0.39 is 0 Å². The summed E-state index contributed by atoms with van der Waals surface area (Å²) in [6.45, 7) is 7.81. The van der Waals surface area contributed by atoms with E-state index in [1.54, 1.807) is 0 Å². The number of carbonyl (C=O) groups excluding carboxylic acids is 1. The van der Waals surface area contributed by atoms with E-state index in [4.69, 9.17) is 0 Å². The number of piperazine rings is 1. The van der Waals surface area contributed by atoms with Crippen molar-refractivity contribution in [3.63, 3.8) is 0 Å². The van der Waals surface area contributed by atoms with Crippen LogP contribution in [0.25, 0.3) is 5.82 Å². The maximum atomic E-state index is 12.9. The molecule has 8 heteroatoms. The van der Waals surface area contributed by atoms with E-state index in [0.29, 0.717) is 6.54 Å². The first-order valence-electron chi connectivity index (χ1n) is 10.8. The maximum Gasteiger partial charge on any atom is 0.236 e. The van der Waals surface area contributed by atoms with Crippen molar-refractivity contribution in [3.05, 3.63) is 35.3 Å². The normalized spacial score (nSPS) is 21.1. The molecule has 0 spiro atoms. The molecule has 0 aromatic carbocycles. The van der Waals surface area contributed by atoms with Gasteiger partial charge in [0.25, 0.3) is 0 Å². The fraction of sp³-hybridized carbons (Fsp3) is 0.619. The fourth-order valence-electron chi connectivity index (χ4n) is 4.57. The summed E-state index contributed by atoms with van der Waals surface area (Å²) in [6, 6.07) is 4.67. The average Bonchev–Trinajstić information content (AvgIpc) is 3.11. The molecule has 0 atom stereocenters. The number of nitrogens with zero attached hydrogens (tertiary/aromatic N) is 7. The van der Waals surface area contributed by atoms with Gasteiger partial charge < -0.3 is 4.90 Å². The van der Waals surface area contributed by atoms with Gasteiger partial charge >= 0.3 is 0 Å². The number of aryl methyl sites for hydroxylation is 1. The van der Waals surface area contributed by atoms with Crippen LogP contribution in [-0.2, 0) is 17.8 Å². The molecule has 0 N–H and O–H groups in total. The highest BCUT2D eigenvalue weighted by Crippen LogP contribution is 2.26. The average molecular weight is 396 g/mol. The van der Waals surface area contributed by atoms with Crippen molar-refractivity contribution < 1.29 is 4.79 Å². The van der Waals surface area contributed by atoms with Gasteiger partial charge in [-0.15, -0.1) is 5.10 Å². The Morgan fingerprint density at radius 3 is 2.62 bits per heavy atom. The van der Waals surface area contributed by atoms with Gasteiger partial charge in [-0.25, -0.2) is 4.68 Å². The first kappa shape index (κ1) is 18.7. The second-order valence-electron chi connectivity index (χ2n) is 8.52. The molecule has 0 unspecified atom stereocenters. The Morgan fingerprint density at radius 1 is 1.10 bits per heavy atom. The molecular formula is C21H29N7O. The molecule has 4 heterocycles. The molecule has 1 amide bonds. The van der Waals surface area contributed by atoms with E-state index in [-0.39, 0.29) is 5.91 Å². The van der Waals surface area contributed by atoms with Crippen LogP contribution in [0, 0.1) is 6.92 Å². The molecular weight excluding hydrogens is 366 g/mol. The van der Waals surface area contributed by atoms with Crippen LogP contribution >= 0.6 is 0 Å². The van der Waals surface area contributed by atoms with Crippen LogP contribution < -0.4 is 0 Å². The van der Waals surface area contributed by atoms with Crippen LogP contribution in [0.5, 0.6) is 0 Å². The molecule has 2 fully saturated rings. The van der Waals surface area contributed by atoms with Crippen LogP contribution in [0.3, 0.4) is 0 Å². The smallest absolute Gasteiger partial charge is 0.236 e. The molecule has 0 bridgehead atoms. The number of hydrogen-bond donors (Lipinski definition) is 0. The summed E-state index contributed by atoms with van der Waals surface area (Å²) in [7, 11) is 0. The van der Waals surface area contributed by atoms with Gasteiger partial charge in [0, 0.05) is 45.3 Å². The summed E-state index contributed by atoms with van der Waals surface area (Å²) < 4.78 is 1.87. The summed E-state index contributed by atoms with van der Waals surface area (Å²) in [4.78, 5) is 19.7. The fourth-order valence-corrected chi connectivity index (χ4v) is 4.57. The lowest BCUT2D eigenvalue weighted by Gasteiger charge is -2.43. The van der Waals surface area contributed by atoms with Crippen LogP contribution in [-0.4, -0.2) is 85.9 Å². The van der Waals surface area contributed by atoms with Gasteiger partial charge in [0.05, 0.1) is 24.1 Å². The molecule has 1 aliphatic carbocycles. The SMILES string of the molecule is Cc1ccc(-n2ncc3c2CN(CC(=O)N2CCN(C4CCC4)CC2)CC3)nn1.